The monoisotopic (exact) mass is 432 g/mol. The first-order chi connectivity index (χ1) is 15.4. The molecule has 32 heavy (non-hydrogen) atoms. The molecule has 4 aliphatic carbocycles. The Labute approximate surface area is 193 Å². The van der Waals surface area contributed by atoms with Crippen LogP contribution in [0.1, 0.15) is 90.5 Å². The molecular weight excluding hydrogens is 392 g/mol. The smallest absolute Gasteiger partial charge is 0.0653 e. The van der Waals surface area contributed by atoms with Gasteiger partial charge >= 0.3 is 0 Å². The standard InChI is InChI=1S/C29H40N2O/c1-18(2)32-22-11-13-28(3)21(16-22)7-8-23-25-10-9-24(29(25,4)14-12-26(23)28)19-5-6-20-17-30-31-27(20)15-19/h5-7,15,17-18,22-26H,8-14,16H2,1-4H3,(H,30,31)/t22-,23+,24-,25+,26+,28+,29-/m1/s1. The van der Waals surface area contributed by atoms with Gasteiger partial charge in [0.25, 0.3) is 0 Å². The minimum absolute atomic E-state index is 0.341. The molecule has 3 heteroatoms. The number of fused-ring (bicyclic) bond motifs is 6. The Balaban J connectivity index is 1.27. The molecular formula is C29H40N2O. The summed E-state index contributed by atoms with van der Waals surface area (Å²) >= 11 is 0. The van der Waals surface area contributed by atoms with Crippen molar-refractivity contribution in [1.29, 1.82) is 0 Å². The molecule has 0 saturated heterocycles. The van der Waals surface area contributed by atoms with Crippen molar-refractivity contribution in [2.45, 2.75) is 97.2 Å². The second-order valence-corrected chi connectivity index (χ2v) is 12.2. The molecule has 1 aromatic carbocycles. The summed E-state index contributed by atoms with van der Waals surface area (Å²) in [5.41, 5.74) is 5.32. The van der Waals surface area contributed by atoms with Gasteiger partial charge in [0, 0.05) is 5.39 Å². The van der Waals surface area contributed by atoms with Gasteiger partial charge in [-0.3, -0.25) is 5.10 Å². The third-order valence-corrected chi connectivity index (χ3v) is 10.4. The van der Waals surface area contributed by atoms with E-state index in [4.69, 9.17) is 4.74 Å². The first-order valence-corrected chi connectivity index (χ1v) is 13.2. The van der Waals surface area contributed by atoms with Crippen LogP contribution in [0.4, 0.5) is 0 Å². The van der Waals surface area contributed by atoms with Crippen molar-refractivity contribution in [1.82, 2.24) is 10.2 Å². The van der Waals surface area contributed by atoms with Crippen molar-refractivity contribution in [3.8, 4) is 0 Å². The van der Waals surface area contributed by atoms with E-state index < -0.39 is 0 Å². The zero-order valence-corrected chi connectivity index (χ0v) is 20.4. The number of nitrogens with zero attached hydrogens (tertiary/aromatic N) is 1. The number of aromatic amines is 1. The van der Waals surface area contributed by atoms with E-state index in [1.807, 2.05) is 6.20 Å². The number of aromatic nitrogens is 2. The summed E-state index contributed by atoms with van der Waals surface area (Å²) < 4.78 is 6.25. The number of ether oxygens (including phenoxy) is 1. The molecule has 0 unspecified atom stereocenters. The lowest BCUT2D eigenvalue weighted by Gasteiger charge is -2.58. The molecule has 6 rings (SSSR count). The number of H-pyrrole nitrogens is 1. The van der Waals surface area contributed by atoms with Crippen molar-refractivity contribution < 1.29 is 4.74 Å². The van der Waals surface area contributed by atoms with Gasteiger partial charge in [-0.1, -0.05) is 37.6 Å². The summed E-state index contributed by atoms with van der Waals surface area (Å²) in [6.07, 6.45) is 16.0. The average molecular weight is 433 g/mol. The molecule has 7 atom stereocenters. The molecule has 172 valence electrons. The zero-order chi connectivity index (χ0) is 22.1. The lowest BCUT2D eigenvalue weighted by atomic mass is 9.47. The van der Waals surface area contributed by atoms with Crippen LogP contribution in [0, 0.1) is 28.6 Å². The minimum Gasteiger partial charge on any atom is -0.375 e. The van der Waals surface area contributed by atoms with Crippen LogP contribution in [0.25, 0.3) is 10.9 Å². The predicted octanol–water partition coefficient (Wildman–Crippen LogP) is 7.40. The van der Waals surface area contributed by atoms with Crippen LogP contribution in [0.3, 0.4) is 0 Å². The fourth-order valence-electron chi connectivity index (χ4n) is 8.85. The molecule has 3 fully saturated rings. The van der Waals surface area contributed by atoms with Crippen molar-refractivity contribution in [3.05, 3.63) is 41.6 Å². The topological polar surface area (TPSA) is 37.9 Å². The first kappa shape index (κ1) is 21.0. The maximum atomic E-state index is 6.25. The molecule has 3 nitrogen and oxygen atoms in total. The van der Waals surface area contributed by atoms with E-state index in [9.17, 15) is 0 Å². The number of rotatable bonds is 3. The summed E-state index contributed by atoms with van der Waals surface area (Å²) in [5, 5.41) is 8.67. The van der Waals surface area contributed by atoms with Gasteiger partial charge < -0.3 is 4.74 Å². The lowest BCUT2D eigenvalue weighted by molar-refractivity contribution is -0.0610. The molecule has 4 aliphatic rings. The number of benzene rings is 1. The Hall–Kier alpha value is -1.61. The van der Waals surface area contributed by atoms with E-state index in [0.29, 0.717) is 29.0 Å². The zero-order valence-electron chi connectivity index (χ0n) is 20.4. The van der Waals surface area contributed by atoms with E-state index >= 15 is 0 Å². The molecule has 0 spiro atoms. The van der Waals surface area contributed by atoms with Crippen LogP contribution < -0.4 is 0 Å². The largest absolute Gasteiger partial charge is 0.375 e. The molecule has 0 amide bonds. The van der Waals surface area contributed by atoms with Crippen LogP contribution in [-0.2, 0) is 4.74 Å². The molecule has 0 aliphatic heterocycles. The van der Waals surface area contributed by atoms with Crippen molar-refractivity contribution in [2.75, 3.05) is 0 Å². The molecule has 1 heterocycles. The van der Waals surface area contributed by atoms with Crippen LogP contribution in [0.2, 0.25) is 0 Å². The van der Waals surface area contributed by atoms with Gasteiger partial charge in [-0.05, 0) is 111 Å². The summed E-state index contributed by atoms with van der Waals surface area (Å²) in [5.74, 6) is 3.29. The van der Waals surface area contributed by atoms with Gasteiger partial charge in [-0.25, -0.2) is 0 Å². The second kappa shape index (κ2) is 7.45. The molecule has 3 saturated carbocycles. The Bertz CT molecular complexity index is 1040. The molecule has 0 radical (unpaired) electrons. The third-order valence-electron chi connectivity index (χ3n) is 10.4. The maximum Gasteiger partial charge on any atom is 0.0653 e. The van der Waals surface area contributed by atoms with E-state index in [1.165, 1.54) is 67.8 Å². The van der Waals surface area contributed by atoms with Gasteiger partial charge in [-0.2, -0.15) is 5.10 Å². The van der Waals surface area contributed by atoms with E-state index in [0.717, 1.165) is 17.8 Å². The summed E-state index contributed by atoms with van der Waals surface area (Å²) in [7, 11) is 0. The predicted molar refractivity (Wildman–Crippen MR) is 131 cm³/mol. The maximum absolute atomic E-state index is 6.25. The third kappa shape index (κ3) is 3.06. The van der Waals surface area contributed by atoms with Crippen LogP contribution in [0.15, 0.2) is 36.0 Å². The van der Waals surface area contributed by atoms with Crippen LogP contribution >= 0.6 is 0 Å². The van der Waals surface area contributed by atoms with E-state index in [1.54, 1.807) is 5.57 Å². The van der Waals surface area contributed by atoms with Gasteiger partial charge in [0.05, 0.1) is 23.9 Å². The van der Waals surface area contributed by atoms with Gasteiger partial charge in [-0.15, -0.1) is 0 Å². The van der Waals surface area contributed by atoms with Crippen molar-refractivity contribution in [2.24, 2.45) is 28.6 Å². The molecule has 0 bridgehead atoms. The van der Waals surface area contributed by atoms with Crippen LogP contribution in [-0.4, -0.2) is 22.4 Å². The number of hydrogen-bond donors (Lipinski definition) is 1. The van der Waals surface area contributed by atoms with E-state index in [-0.39, 0.29) is 0 Å². The van der Waals surface area contributed by atoms with Gasteiger partial charge in [0.15, 0.2) is 0 Å². The Kier molecular flexibility index (Phi) is 4.88. The number of hydrogen-bond acceptors (Lipinski definition) is 2. The highest BCUT2D eigenvalue weighted by molar-refractivity contribution is 5.78. The van der Waals surface area contributed by atoms with E-state index in [2.05, 4.69) is 62.2 Å². The number of allylic oxidation sites excluding steroid dienone is 1. The fourth-order valence-corrected chi connectivity index (χ4v) is 8.85. The summed E-state index contributed by atoms with van der Waals surface area (Å²) in [4.78, 5) is 0. The molecule has 1 aromatic heterocycles. The highest BCUT2D eigenvalue weighted by Crippen LogP contribution is 2.68. The quantitative estimate of drug-likeness (QED) is 0.513. The second-order valence-electron chi connectivity index (χ2n) is 12.2. The van der Waals surface area contributed by atoms with Crippen molar-refractivity contribution in [3.63, 3.8) is 0 Å². The minimum atomic E-state index is 0.341. The Morgan fingerprint density at radius 1 is 1.06 bits per heavy atom. The molecule has 2 aromatic rings. The average Bonchev–Trinajstić information content (AvgIpc) is 3.36. The normalized spacial score (nSPS) is 41.3. The lowest BCUT2D eigenvalue weighted by Crippen LogP contribution is -2.50. The van der Waals surface area contributed by atoms with Crippen LogP contribution in [0.5, 0.6) is 0 Å². The van der Waals surface area contributed by atoms with Gasteiger partial charge in [0.2, 0.25) is 0 Å². The Morgan fingerprint density at radius 2 is 1.94 bits per heavy atom. The highest BCUT2D eigenvalue weighted by atomic mass is 16.5. The summed E-state index contributed by atoms with van der Waals surface area (Å²) in [6, 6.07) is 7.05. The number of nitrogens with one attached hydrogen (secondary N) is 1. The Morgan fingerprint density at radius 3 is 2.78 bits per heavy atom. The SMILES string of the molecule is CC(C)O[C@@H]1CC[C@@]2(C)C(=CC[C@H]3[C@@H]4CC[C@H](c5ccc6cn[nH]c6c5)[C@@]4(C)CC[C@@H]32)C1. The first-order valence-electron chi connectivity index (χ1n) is 13.2. The summed E-state index contributed by atoms with van der Waals surface area (Å²) in [6.45, 7) is 9.61. The van der Waals surface area contributed by atoms with Gasteiger partial charge in [0.1, 0.15) is 0 Å². The highest BCUT2D eigenvalue weighted by Gasteiger charge is 2.58. The molecule has 1 N–H and O–H groups in total. The van der Waals surface area contributed by atoms with Crippen molar-refractivity contribution >= 4 is 10.9 Å². The fraction of sp³-hybridized carbons (Fsp3) is 0.690.